The van der Waals surface area contributed by atoms with Gasteiger partial charge in [0.15, 0.2) is 5.76 Å². The number of nitrogens with zero attached hydrogens (tertiary/aromatic N) is 1. The van der Waals surface area contributed by atoms with Gasteiger partial charge in [-0.3, -0.25) is 9.59 Å². The summed E-state index contributed by atoms with van der Waals surface area (Å²) in [5, 5.41) is 10.3. The van der Waals surface area contributed by atoms with Crippen LogP contribution in [-0.2, 0) is 22.6 Å². The van der Waals surface area contributed by atoms with Gasteiger partial charge in [0, 0.05) is 17.7 Å². The summed E-state index contributed by atoms with van der Waals surface area (Å²) in [7, 11) is 1.29. The molecule has 24 heavy (non-hydrogen) atoms. The summed E-state index contributed by atoms with van der Waals surface area (Å²) in [6.45, 7) is 1.32. The van der Waals surface area contributed by atoms with Crippen LogP contribution in [0.5, 0.6) is 0 Å². The Hall–Kier alpha value is -2.65. The van der Waals surface area contributed by atoms with E-state index in [2.05, 4.69) is 0 Å². The number of aromatic nitrogens is 1. The average molecular weight is 335 g/mol. The molecular formula is C15H17N3O6. The number of primary amides is 1. The van der Waals surface area contributed by atoms with Crippen molar-refractivity contribution in [2.75, 3.05) is 7.11 Å². The van der Waals surface area contributed by atoms with E-state index >= 15 is 0 Å². The Labute approximate surface area is 136 Å². The van der Waals surface area contributed by atoms with E-state index in [-0.39, 0.29) is 41.3 Å². The van der Waals surface area contributed by atoms with Crippen molar-refractivity contribution in [3.8, 4) is 0 Å². The molecule has 2 aliphatic rings. The number of amides is 1. The third-order valence-electron chi connectivity index (χ3n) is 4.38. The summed E-state index contributed by atoms with van der Waals surface area (Å²) in [4.78, 5) is 36.4. The normalized spacial score (nSPS) is 22.5. The molecule has 1 aromatic heterocycles. The maximum Gasteiger partial charge on any atom is 0.404 e. The summed E-state index contributed by atoms with van der Waals surface area (Å²) in [5.41, 5.74) is 11.7. The molecule has 2 heterocycles. The fraction of sp³-hybridized carbons (Fsp3) is 0.400. The lowest BCUT2D eigenvalue weighted by atomic mass is 9.90. The summed E-state index contributed by atoms with van der Waals surface area (Å²) in [6, 6.07) is -0.631. The van der Waals surface area contributed by atoms with Crippen molar-refractivity contribution in [1.82, 2.24) is 4.57 Å². The third-order valence-corrected chi connectivity index (χ3v) is 4.38. The van der Waals surface area contributed by atoms with Gasteiger partial charge in [-0.1, -0.05) is 0 Å². The first-order valence-corrected chi connectivity index (χ1v) is 7.25. The first kappa shape index (κ1) is 16.2. The molecule has 0 spiro atoms. The fourth-order valence-corrected chi connectivity index (χ4v) is 3.31. The number of rotatable bonds is 3. The molecule has 1 aromatic rings. The van der Waals surface area contributed by atoms with E-state index < -0.39 is 29.8 Å². The number of nitrogens with two attached hydrogens (primary N) is 2. The molecule has 0 bridgehead atoms. The van der Waals surface area contributed by atoms with Crippen molar-refractivity contribution in [2.24, 2.45) is 11.5 Å². The maximum absolute atomic E-state index is 12.7. The fourth-order valence-electron chi connectivity index (χ4n) is 3.31. The maximum atomic E-state index is 12.7. The summed E-state index contributed by atoms with van der Waals surface area (Å²) < 4.78 is 11.4. The summed E-state index contributed by atoms with van der Waals surface area (Å²) in [6.07, 6.45) is -2.12. The molecule has 0 radical (unpaired) electrons. The number of fused-ring (bicyclic) bond motifs is 3. The van der Waals surface area contributed by atoms with Crippen LogP contribution in [0, 0.1) is 0 Å². The molecule has 1 amide bonds. The molecule has 9 heteroatoms. The van der Waals surface area contributed by atoms with Crippen molar-refractivity contribution in [1.29, 1.82) is 0 Å². The quantitative estimate of drug-likeness (QED) is 0.690. The van der Waals surface area contributed by atoms with Gasteiger partial charge in [0.05, 0.1) is 24.4 Å². The first-order valence-electron chi connectivity index (χ1n) is 7.25. The highest BCUT2D eigenvalue weighted by Gasteiger charge is 2.44. The monoisotopic (exact) mass is 335 g/mol. The molecule has 1 aliphatic carbocycles. The minimum atomic E-state index is -1.09. The van der Waals surface area contributed by atoms with Crippen molar-refractivity contribution in [3.05, 3.63) is 33.8 Å². The second kappa shape index (κ2) is 5.46. The number of carbonyl (C=O) groups is 3. The number of aliphatic hydroxyl groups is 1. The molecule has 128 valence electrons. The number of hydrogen-bond donors (Lipinski definition) is 3. The van der Waals surface area contributed by atoms with Crippen LogP contribution in [-0.4, -0.2) is 40.5 Å². The number of carbonyl (C=O) groups excluding carboxylic acids is 3. The number of allylic oxidation sites excluding steroid dienone is 2. The van der Waals surface area contributed by atoms with Gasteiger partial charge in [-0.2, -0.15) is 0 Å². The van der Waals surface area contributed by atoms with Crippen LogP contribution in [0.15, 0.2) is 11.3 Å². The number of methoxy groups -OCH3 is 1. The molecule has 9 nitrogen and oxygen atoms in total. The molecule has 0 saturated carbocycles. The zero-order chi connectivity index (χ0) is 17.8. The largest absolute Gasteiger partial charge is 0.492 e. The van der Waals surface area contributed by atoms with Crippen LogP contribution in [0.3, 0.4) is 0 Å². The standard InChI is InChI=1S/C15H17N3O6/c1-5-11(19)10-8(13(21)14(5)23-2)6(4-24-15(17)22)9-12(20)7(16)3-18(9)10/h7,12,20H,3-4,16H2,1-2H3,(H2,17,22)/t7-,12-/m1/s1. The molecule has 5 N–H and O–H groups in total. The minimum absolute atomic E-state index is 0.0599. The highest BCUT2D eigenvalue weighted by Crippen LogP contribution is 2.40. The molecule has 3 rings (SSSR count). The van der Waals surface area contributed by atoms with Gasteiger partial charge in [0.25, 0.3) is 0 Å². The smallest absolute Gasteiger partial charge is 0.404 e. The van der Waals surface area contributed by atoms with Gasteiger partial charge >= 0.3 is 6.09 Å². The van der Waals surface area contributed by atoms with Crippen LogP contribution < -0.4 is 11.5 Å². The Balaban J connectivity index is 2.24. The van der Waals surface area contributed by atoms with Crippen molar-refractivity contribution < 1.29 is 29.0 Å². The van der Waals surface area contributed by atoms with Gasteiger partial charge in [0.2, 0.25) is 11.6 Å². The zero-order valence-corrected chi connectivity index (χ0v) is 13.2. The lowest BCUT2D eigenvalue weighted by molar-refractivity contribution is 0.0898. The second-order valence-corrected chi connectivity index (χ2v) is 5.73. The Morgan fingerprint density at radius 2 is 2.04 bits per heavy atom. The van der Waals surface area contributed by atoms with Gasteiger partial charge in [-0.25, -0.2) is 4.79 Å². The van der Waals surface area contributed by atoms with Gasteiger partial charge < -0.3 is 30.6 Å². The Morgan fingerprint density at radius 3 is 2.62 bits per heavy atom. The highest BCUT2D eigenvalue weighted by molar-refractivity contribution is 6.26. The van der Waals surface area contributed by atoms with E-state index in [0.717, 1.165) is 0 Å². The summed E-state index contributed by atoms with van der Waals surface area (Å²) >= 11 is 0. The third kappa shape index (κ3) is 2.05. The lowest BCUT2D eigenvalue weighted by Crippen LogP contribution is -2.29. The molecule has 0 aromatic carbocycles. The van der Waals surface area contributed by atoms with E-state index in [4.69, 9.17) is 20.9 Å². The van der Waals surface area contributed by atoms with Crippen LogP contribution >= 0.6 is 0 Å². The van der Waals surface area contributed by atoms with Gasteiger partial charge in [-0.15, -0.1) is 0 Å². The zero-order valence-electron chi connectivity index (χ0n) is 13.2. The molecular weight excluding hydrogens is 318 g/mol. The second-order valence-electron chi connectivity index (χ2n) is 5.73. The van der Waals surface area contributed by atoms with E-state index in [1.54, 1.807) is 0 Å². The molecule has 0 saturated heterocycles. The SMILES string of the molecule is COC1=C(C)C(=O)c2c(c(COC(N)=O)c3n2C[C@@H](N)[C@H]3O)C1=O. The van der Waals surface area contributed by atoms with E-state index in [9.17, 15) is 19.5 Å². The van der Waals surface area contributed by atoms with E-state index in [1.165, 1.54) is 18.6 Å². The topological polar surface area (TPSA) is 147 Å². The Kier molecular flexibility index (Phi) is 3.69. The number of ether oxygens (including phenoxy) is 2. The van der Waals surface area contributed by atoms with Crippen LogP contribution in [0.4, 0.5) is 4.79 Å². The molecule has 0 fully saturated rings. The number of Topliss-reactive ketones (excluding diaryl/α,β-unsaturated/α-hetero) is 2. The molecule has 1 aliphatic heterocycles. The highest BCUT2D eigenvalue weighted by atomic mass is 16.5. The first-order chi connectivity index (χ1) is 11.3. The van der Waals surface area contributed by atoms with E-state index in [0.29, 0.717) is 5.69 Å². The van der Waals surface area contributed by atoms with Crippen molar-refractivity contribution >= 4 is 17.7 Å². The molecule has 0 unspecified atom stereocenters. The Morgan fingerprint density at radius 1 is 1.38 bits per heavy atom. The predicted molar refractivity (Wildman–Crippen MR) is 80.1 cm³/mol. The van der Waals surface area contributed by atoms with Crippen molar-refractivity contribution in [3.63, 3.8) is 0 Å². The summed E-state index contributed by atoms with van der Waals surface area (Å²) in [5.74, 6) is -0.972. The number of ketones is 2. The van der Waals surface area contributed by atoms with Crippen LogP contribution in [0.1, 0.15) is 45.1 Å². The van der Waals surface area contributed by atoms with Crippen LogP contribution in [0.2, 0.25) is 0 Å². The van der Waals surface area contributed by atoms with Gasteiger partial charge in [0.1, 0.15) is 18.4 Å². The van der Waals surface area contributed by atoms with Crippen molar-refractivity contribution in [2.45, 2.75) is 32.2 Å². The minimum Gasteiger partial charge on any atom is -0.492 e. The lowest BCUT2D eigenvalue weighted by Gasteiger charge is -2.18. The number of aliphatic hydroxyl groups excluding tert-OH is 1. The predicted octanol–water partition coefficient (Wildman–Crippen LogP) is -0.243. The van der Waals surface area contributed by atoms with Crippen LogP contribution in [0.25, 0.3) is 0 Å². The number of hydrogen-bond acceptors (Lipinski definition) is 7. The Bertz CT molecular complexity index is 807. The van der Waals surface area contributed by atoms with E-state index in [1.807, 2.05) is 0 Å². The van der Waals surface area contributed by atoms with Gasteiger partial charge in [-0.05, 0) is 6.92 Å². The average Bonchev–Trinajstić information content (AvgIpc) is 2.99. The molecule has 2 atom stereocenters.